The maximum absolute atomic E-state index is 10.6. The number of piperidine rings is 1. The second-order valence-corrected chi connectivity index (χ2v) is 5.03. The number of benzene rings is 1. The van der Waals surface area contributed by atoms with Gasteiger partial charge < -0.3 is 15.0 Å². The molecule has 0 amide bonds. The van der Waals surface area contributed by atoms with Gasteiger partial charge in [0, 0.05) is 32.0 Å². The molecule has 0 aliphatic carbocycles. The Kier molecular flexibility index (Phi) is 6.09. The summed E-state index contributed by atoms with van der Waals surface area (Å²) in [6.45, 7) is 2.29. The second kappa shape index (κ2) is 7.11. The van der Waals surface area contributed by atoms with Gasteiger partial charge in [0.1, 0.15) is 0 Å². The van der Waals surface area contributed by atoms with Crippen molar-refractivity contribution in [2.24, 2.45) is 0 Å². The molecule has 0 unspecified atom stereocenters. The van der Waals surface area contributed by atoms with E-state index in [1.807, 2.05) is 18.2 Å². The molecule has 1 heterocycles. The molecule has 1 aliphatic heterocycles. The average Bonchev–Trinajstić information content (AvgIpc) is 2.33. The Hall–Kier alpha value is -0.793. The average molecular weight is 255 g/mol. The van der Waals surface area contributed by atoms with Crippen molar-refractivity contribution in [3.8, 4) is 0 Å². The van der Waals surface area contributed by atoms with Gasteiger partial charge in [0.05, 0.1) is 5.60 Å². The molecule has 5 heteroatoms. The van der Waals surface area contributed by atoms with Crippen LogP contribution in [0.4, 0.5) is 0 Å². The summed E-state index contributed by atoms with van der Waals surface area (Å²) in [5, 5.41) is 20.6. The molecular weight excluding hydrogens is 237 g/mol. The SMILES string of the molecule is O=C([O-])CC1(O)CCN(Cc2ccccc2)CC1.[Li+]. The maximum Gasteiger partial charge on any atom is 1.00 e. The van der Waals surface area contributed by atoms with Crippen LogP contribution in [0.1, 0.15) is 24.8 Å². The first-order valence-electron chi connectivity index (χ1n) is 6.26. The Bertz CT molecular complexity index is 402. The zero-order valence-corrected chi connectivity index (χ0v) is 11.3. The van der Waals surface area contributed by atoms with Gasteiger partial charge >= 0.3 is 18.9 Å². The molecule has 2 rings (SSSR count). The van der Waals surface area contributed by atoms with E-state index in [2.05, 4.69) is 17.0 Å². The normalized spacial score (nSPS) is 18.6. The molecule has 1 fully saturated rings. The predicted octanol–water partition coefficient (Wildman–Crippen LogP) is -2.84. The van der Waals surface area contributed by atoms with Crippen LogP contribution in [0.5, 0.6) is 0 Å². The molecule has 1 aliphatic rings. The first-order valence-corrected chi connectivity index (χ1v) is 6.26. The molecule has 4 nitrogen and oxygen atoms in total. The predicted molar refractivity (Wildman–Crippen MR) is 65.5 cm³/mol. The summed E-state index contributed by atoms with van der Waals surface area (Å²) in [6.07, 6.45) is 0.730. The number of carbonyl (C=O) groups is 1. The molecule has 0 aromatic heterocycles. The molecule has 0 radical (unpaired) electrons. The van der Waals surface area contributed by atoms with Gasteiger partial charge in [-0.15, -0.1) is 0 Å². The van der Waals surface area contributed by atoms with Crippen molar-refractivity contribution in [3.05, 3.63) is 35.9 Å². The van der Waals surface area contributed by atoms with Gasteiger partial charge in [-0.1, -0.05) is 30.3 Å². The fraction of sp³-hybridized carbons (Fsp3) is 0.500. The number of nitrogens with zero attached hydrogens (tertiary/aromatic N) is 1. The number of likely N-dealkylation sites (tertiary alicyclic amines) is 1. The topological polar surface area (TPSA) is 63.6 Å². The Morgan fingerprint density at radius 1 is 1.26 bits per heavy atom. The van der Waals surface area contributed by atoms with Crippen LogP contribution in [-0.2, 0) is 11.3 Å². The number of carboxylic acids is 1. The first-order chi connectivity index (χ1) is 8.57. The summed E-state index contributed by atoms with van der Waals surface area (Å²) in [4.78, 5) is 12.8. The summed E-state index contributed by atoms with van der Waals surface area (Å²) in [5.74, 6) is -1.17. The molecule has 1 saturated heterocycles. The summed E-state index contributed by atoms with van der Waals surface area (Å²) < 4.78 is 0. The number of carbonyl (C=O) groups excluding carboxylic acids is 1. The van der Waals surface area contributed by atoms with Crippen LogP contribution < -0.4 is 24.0 Å². The number of aliphatic hydroxyl groups is 1. The Labute approximate surface area is 125 Å². The van der Waals surface area contributed by atoms with E-state index in [4.69, 9.17) is 0 Å². The van der Waals surface area contributed by atoms with Crippen LogP contribution in [0.3, 0.4) is 0 Å². The van der Waals surface area contributed by atoms with Gasteiger partial charge in [-0.3, -0.25) is 4.90 Å². The zero-order chi connectivity index (χ0) is 13.0. The van der Waals surface area contributed by atoms with Crippen LogP contribution in [0.2, 0.25) is 0 Å². The monoisotopic (exact) mass is 255 g/mol. The van der Waals surface area contributed by atoms with Crippen LogP contribution in [0, 0.1) is 0 Å². The van der Waals surface area contributed by atoms with Crippen LogP contribution in [0.15, 0.2) is 30.3 Å². The molecule has 1 aromatic carbocycles. The van der Waals surface area contributed by atoms with Crippen molar-refractivity contribution in [1.82, 2.24) is 4.90 Å². The number of hydrogen-bond acceptors (Lipinski definition) is 4. The van der Waals surface area contributed by atoms with Gasteiger partial charge in [-0.25, -0.2) is 0 Å². The van der Waals surface area contributed by atoms with Gasteiger partial charge in [0.15, 0.2) is 0 Å². The maximum atomic E-state index is 10.6. The number of hydrogen-bond donors (Lipinski definition) is 1. The number of rotatable bonds is 4. The Morgan fingerprint density at radius 3 is 2.37 bits per heavy atom. The van der Waals surface area contributed by atoms with Crippen LogP contribution in [0.25, 0.3) is 0 Å². The standard InChI is InChI=1S/C14H19NO3.Li/c16-13(17)10-14(18)6-8-15(9-7-14)11-12-4-2-1-3-5-12;/h1-5,18H,6-11H2,(H,16,17);/q;+1/p-1. The van der Waals surface area contributed by atoms with Gasteiger partial charge in [0.25, 0.3) is 0 Å². The summed E-state index contributed by atoms with van der Waals surface area (Å²) in [7, 11) is 0. The van der Waals surface area contributed by atoms with Crippen molar-refractivity contribution < 1.29 is 33.9 Å². The molecule has 1 aromatic rings. The third-order valence-electron chi connectivity index (χ3n) is 3.51. The van der Waals surface area contributed by atoms with Crippen molar-refractivity contribution >= 4 is 5.97 Å². The molecule has 0 saturated carbocycles. The number of carboxylic acid groups (broad SMARTS) is 1. The molecular formula is C14H18LiNO3. The third kappa shape index (κ3) is 5.00. The number of aliphatic carboxylic acids is 1. The van der Waals surface area contributed by atoms with E-state index in [0.29, 0.717) is 12.8 Å². The van der Waals surface area contributed by atoms with Gasteiger partial charge in [-0.2, -0.15) is 0 Å². The third-order valence-corrected chi connectivity index (χ3v) is 3.51. The fourth-order valence-electron chi connectivity index (χ4n) is 2.41. The molecule has 0 spiro atoms. The van der Waals surface area contributed by atoms with E-state index >= 15 is 0 Å². The van der Waals surface area contributed by atoms with Gasteiger partial charge in [0.2, 0.25) is 0 Å². The smallest absolute Gasteiger partial charge is 0.550 e. The molecule has 19 heavy (non-hydrogen) atoms. The van der Waals surface area contributed by atoms with E-state index in [1.54, 1.807) is 0 Å². The largest absolute Gasteiger partial charge is 1.00 e. The van der Waals surface area contributed by atoms with Crippen LogP contribution in [-0.4, -0.2) is 34.7 Å². The zero-order valence-electron chi connectivity index (χ0n) is 11.3. The van der Waals surface area contributed by atoms with E-state index in [1.165, 1.54) is 5.56 Å². The van der Waals surface area contributed by atoms with E-state index < -0.39 is 11.6 Å². The second-order valence-electron chi connectivity index (χ2n) is 5.03. The van der Waals surface area contributed by atoms with Crippen molar-refractivity contribution in [1.29, 1.82) is 0 Å². The molecule has 0 atom stereocenters. The minimum absolute atomic E-state index is 0. The quantitative estimate of drug-likeness (QED) is 0.589. The van der Waals surface area contributed by atoms with E-state index in [9.17, 15) is 15.0 Å². The summed E-state index contributed by atoms with van der Waals surface area (Å²) >= 11 is 0. The molecule has 1 N–H and O–H groups in total. The summed E-state index contributed by atoms with van der Waals surface area (Å²) in [5.41, 5.74) is 0.161. The Morgan fingerprint density at radius 2 is 1.84 bits per heavy atom. The minimum atomic E-state index is -1.17. The van der Waals surface area contributed by atoms with Gasteiger partial charge in [-0.05, 0) is 18.4 Å². The van der Waals surface area contributed by atoms with Crippen molar-refractivity contribution in [2.45, 2.75) is 31.4 Å². The van der Waals surface area contributed by atoms with E-state index in [-0.39, 0.29) is 25.3 Å². The van der Waals surface area contributed by atoms with Crippen LogP contribution >= 0.6 is 0 Å². The fourth-order valence-corrected chi connectivity index (χ4v) is 2.41. The minimum Gasteiger partial charge on any atom is -0.550 e. The molecule has 98 valence electrons. The van der Waals surface area contributed by atoms with Crippen molar-refractivity contribution in [3.63, 3.8) is 0 Å². The first kappa shape index (κ1) is 16.3. The van der Waals surface area contributed by atoms with Crippen molar-refractivity contribution in [2.75, 3.05) is 13.1 Å². The molecule has 0 bridgehead atoms. The Balaban J connectivity index is 0.00000180. The summed E-state index contributed by atoms with van der Waals surface area (Å²) in [6, 6.07) is 10.1. The van der Waals surface area contributed by atoms with E-state index in [0.717, 1.165) is 19.6 Å².